The lowest BCUT2D eigenvalue weighted by Gasteiger charge is -2.55. The zero-order chi connectivity index (χ0) is 16.8. The first-order valence-corrected chi connectivity index (χ1v) is 9.27. The number of likely N-dealkylation sites (N-methyl/N-ethyl adjacent to an activating group) is 1. The highest BCUT2D eigenvalue weighted by molar-refractivity contribution is 9.10. The first kappa shape index (κ1) is 15.0. The maximum absolute atomic E-state index is 13.0. The molecule has 5 heteroatoms. The Kier molecular flexibility index (Phi) is 2.89. The molecule has 1 spiro atoms. The molecule has 5 rings (SSSR count). The molecule has 3 unspecified atom stereocenters. The minimum Gasteiger partial charge on any atom is -0.493 e. The van der Waals surface area contributed by atoms with E-state index in [1.807, 2.05) is 0 Å². The molecule has 4 nitrogen and oxygen atoms in total. The molecule has 0 amide bonds. The minimum atomic E-state index is -0.444. The van der Waals surface area contributed by atoms with Crippen LogP contribution in [0.3, 0.4) is 0 Å². The van der Waals surface area contributed by atoms with E-state index < -0.39 is 6.10 Å². The Balaban J connectivity index is 1.86. The molecule has 2 aliphatic heterocycles. The van der Waals surface area contributed by atoms with Gasteiger partial charge in [-0.2, -0.15) is 0 Å². The second kappa shape index (κ2) is 4.64. The predicted octanol–water partition coefficient (Wildman–Crippen LogP) is 2.75. The molecule has 24 heavy (non-hydrogen) atoms. The quantitative estimate of drug-likeness (QED) is 0.740. The van der Waals surface area contributed by atoms with E-state index in [0.29, 0.717) is 11.8 Å². The summed E-state index contributed by atoms with van der Waals surface area (Å²) in [4.78, 5) is 15.4. The molecular formula is C19H20BrNO3. The van der Waals surface area contributed by atoms with Crippen LogP contribution in [-0.4, -0.2) is 43.5 Å². The van der Waals surface area contributed by atoms with Crippen LogP contribution in [0.15, 0.2) is 22.4 Å². The first-order chi connectivity index (χ1) is 11.5. The number of aryl methyl sites for hydroxylation is 1. The van der Waals surface area contributed by atoms with E-state index in [1.54, 1.807) is 7.11 Å². The molecule has 4 aliphatic rings. The molecule has 1 aromatic carbocycles. The Bertz CT molecular complexity index is 817. The van der Waals surface area contributed by atoms with Gasteiger partial charge in [-0.15, -0.1) is 0 Å². The maximum Gasteiger partial charge on any atom is 0.238 e. The van der Waals surface area contributed by atoms with Gasteiger partial charge in [-0.3, -0.25) is 4.79 Å². The van der Waals surface area contributed by atoms with Gasteiger partial charge in [0.1, 0.15) is 5.75 Å². The fourth-order valence-corrected chi connectivity index (χ4v) is 6.19. The maximum atomic E-state index is 13.0. The van der Waals surface area contributed by atoms with Crippen LogP contribution >= 0.6 is 15.9 Å². The van der Waals surface area contributed by atoms with Gasteiger partial charge in [0.05, 0.1) is 12.5 Å². The number of benzene rings is 1. The second-order valence-electron chi connectivity index (χ2n) is 7.52. The van der Waals surface area contributed by atoms with Crippen LogP contribution in [0.1, 0.15) is 23.1 Å². The van der Waals surface area contributed by atoms with E-state index >= 15 is 0 Å². The number of piperidine rings is 1. The predicted molar refractivity (Wildman–Crippen MR) is 93.3 cm³/mol. The SMILES string of the molecule is COC1=CC2C3Cc4c(Br)cc(C)c5c4[C@]2(CCN3C)C(O5)C1=O. The topological polar surface area (TPSA) is 38.8 Å². The second-order valence-corrected chi connectivity index (χ2v) is 8.38. The number of Topliss-reactive ketones (excluding diaryl/α,β-unsaturated/α-hetero) is 1. The van der Waals surface area contributed by atoms with Gasteiger partial charge in [0, 0.05) is 22.0 Å². The van der Waals surface area contributed by atoms with Crippen LogP contribution in [0.25, 0.3) is 0 Å². The molecular weight excluding hydrogens is 370 g/mol. The Hall–Kier alpha value is -1.33. The van der Waals surface area contributed by atoms with E-state index in [-0.39, 0.29) is 17.1 Å². The molecule has 1 saturated heterocycles. The van der Waals surface area contributed by atoms with Crippen LogP contribution in [0.2, 0.25) is 0 Å². The summed E-state index contributed by atoms with van der Waals surface area (Å²) < 4.78 is 12.9. The molecule has 4 atom stereocenters. The lowest BCUT2D eigenvalue weighted by atomic mass is 9.53. The molecule has 1 aromatic rings. The lowest BCUT2D eigenvalue weighted by Crippen LogP contribution is -2.64. The molecule has 0 saturated carbocycles. The van der Waals surface area contributed by atoms with Crippen molar-refractivity contribution in [3.63, 3.8) is 0 Å². The Morgan fingerprint density at radius 3 is 3.00 bits per heavy atom. The van der Waals surface area contributed by atoms with Crippen LogP contribution in [0.4, 0.5) is 0 Å². The zero-order valence-corrected chi connectivity index (χ0v) is 15.6. The fourth-order valence-electron chi connectivity index (χ4n) is 5.49. The summed E-state index contributed by atoms with van der Waals surface area (Å²) in [5.74, 6) is 1.66. The zero-order valence-electron chi connectivity index (χ0n) is 14.1. The van der Waals surface area contributed by atoms with Crippen molar-refractivity contribution < 1.29 is 14.3 Å². The molecule has 2 heterocycles. The third-order valence-corrected chi connectivity index (χ3v) is 7.29. The number of rotatable bonds is 1. The summed E-state index contributed by atoms with van der Waals surface area (Å²) >= 11 is 3.77. The largest absolute Gasteiger partial charge is 0.493 e. The third kappa shape index (κ3) is 1.51. The lowest BCUT2D eigenvalue weighted by molar-refractivity contribution is -0.132. The van der Waals surface area contributed by atoms with E-state index in [9.17, 15) is 4.79 Å². The highest BCUT2D eigenvalue weighted by Gasteiger charge is 2.66. The number of hydrogen-bond donors (Lipinski definition) is 0. The first-order valence-electron chi connectivity index (χ1n) is 8.48. The highest BCUT2D eigenvalue weighted by Crippen LogP contribution is 2.62. The number of ketones is 1. The highest BCUT2D eigenvalue weighted by atomic mass is 79.9. The van der Waals surface area contributed by atoms with Crippen molar-refractivity contribution in [2.45, 2.75) is 37.3 Å². The Labute approximate surface area is 149 Å². The monoisotopic (exact) mass is 389 g/mol. The van der Waals surface area contributed by atoms with Crippen LogP contribution < -0.4 is 4.74 Å². The third-order valence-electron chi connectivity index (χ3n) is 6.59. The number of methoxy groups -OCH3 is 1. The van der Waals surface area contributed by atoms with Gasteiger partial charge in [-0.25, -0.2) is 0 Å². The normalized spacial score (nSPS) is 36.1. The number of hydrogen-bond acceptors (Lipinski definition) is 4. The van der Waals surface area contributed by atoms with E-state index in [0.717, 1.165) is 35.2 Å². The van der Waals surface area contributed by atoms with Gasteiger partial charge in [-0.05, 0) is 56.6 Å². The van der Waals surface area contributed by atoms with Crippen molar-refractivity contribution in [1.82, 2.24) is 4.90 Å². The molecule has 2 aliphatic carbocycles. The van der Waals surface area contributed by atoms with Crippen molar-refractivity contribution in [2.24, 2.45) is 5.92 Å². The van der Waals surface area contributed by atoms with Crippen molar-refractivity contribution in [1.29, 1.82) is 0 Å². The van der Waals surface area contributed by atoms with Gasteiger partial charge in [-0.1, -0.05) is 15.9 Å². The summed E-state index contributed by atoms with van der Waals surface area (Å²) in [6.45, 7) is 3.06. The number of carbonyl (C=O) groups is 1. The summed E-state index contributed by atoms with van der Waals surface area (Å²) in [7, 11) is 3.77. The van der Waals surface area contributed by atoms with Crippen LogP contribution in [0, 0.1) is 12.8 Å². The summed E-state index contributed by atoms with van der Waals surface area (Å²) in [6.07, 6.45) is 3.56. The van der Waals surface area contributed by atoms with Crippen molar-refractivity contribution in [2.75, 3.05) is 20.7 Å². The number of nitrogens with zero attached hydrogens (tertiary/aromatic N) is 1. The number of carbonyl (C=O) groups excluding carboxylic acids is 1. The van der Waals surface area contributed by atoms with Crippen molar-refractivity contribution in [3.05, 3.63) is 39.1 Å². The molecule has 126 valence electrons. The average Bonchev–Trinajstić information content (AvgIpc) is 2.90. The van der Waals surface area contributed by atoms with Crippen molar-refractivity contribution in [3.8, 4) is 5.75 Å². The van der Waals surface area contributed by atoms with Gasteiger partial charge < -0.3 is 14.4 Å². The van der Waals surface area contributed by atoms with Crippen LogP contribution in [0.5, 0.6) is 5.75 Å². The summed E-state index contributed by atoms with van der Waals surface area (Å²) in [5.41, 5.74) is 3.49. The van der Waals surface area contributed by atoms with E-state index in [1.165, 1.54) is 11.1 Å². The number of ether oxygens (including phenoxy) is 2. The van der Waals surface area contributed by atoms with Gasteiger partial charge in [0.15, 0.2) is 11.9 Å². The van der Waals surface area contributed by atoms with E-state index in [4.69, 9.17) is 9.47 Å². The molecule has 0 N–H and O–H groups in total. The molecule has 2 bridgehead atoms. The minimum absolute atomic E-state index is 0.00312. The van der Waals surface area contributed by atoms with Crippen molar-refractivity contribution >= 4 is 21.7 Å². The molecule has 1 fully saturated rings. The Morgan fingerprint density at radius 2 is 2.25 bits per heavy atom. The smallest absolute Gasteiger partial charge is 0.238 e. The number of halogens is 1. The Morgan fingerprint density at radius 1 is 1.46 bits per heavy atom. The van der Waals surface area contributed by atoms with Crippen LogP contribution in [-0.2, 0) is 21.4 Å². The standard InChI is InChI=1S/C19H20BrNO3/c1-9-6-12(20)10-7-13-11-8-14(23-3)16(22)18-19(11,4-5-21(13)2)15(10)17(9)24-18/h6,8,11,13,18H,4-5,7H2,1-3H3/t11?,13?,18?,19-/m1/s1. The molecule has 0 radical (unpaired) electrons. The molecule has 0 aromatic heterocycles. The summed E-state index contributed by atoms with van der Waals surface area (Å²) in [5, 5.41) is 0. The summed E-state index contributed by atoms with van der Waals surface area (Å²) in [6, 6.07) is 2.51. The van der Waals surface area contributed by atoms with Gasteiger partial charge >= 0.3 is 0 Å². The van der Waals surface area contributed by atoms with Gasteiger partial charge in [0.2, 0.25) is 5.78 Å². The average molecular weight is 390 g/mol. The number of likely N-dealkylation sites (tertiary alicyclic amines) is 1. The fraction of sp³-hybridized carbons (Fsp3) is 0.526. The van der Waals surface area contributed by atoms with Gasteiger partial charge in [0.25, 0.3) is 0 Å². The van der Waals surface area contributed by atoms with E-state index in [2.05, 4.69) is 46.9 Å².